The molecule has 2 heterocycles. The van der Waals surface area contributed by atoms with Crippen LogP contribution in [0.3, 0.4) is 0 Å². The van der Waals surface area contributed by atoms with Crippen LogP contribution in [0.5, 0.6) is 11.5 Å². The number of benzene rings is 3. The second kappa shape index (κ2) is 10.1. The molecule has 6 heteroatoms. The number of fused-ring (bicyclic) bond motifs is 3. The fourth-order valence-electron chi connectivity index (χ4n) is 5.57. The molecule has 0 amide bonds. The summed E-state index contributed by atoms with van der Waals surface area (Å²) in [5, 5.41) is 19.2. The summed E-state index contributed by atoms with van der Waals surface area (Å²) >= 11 is 3.54. The van der Waals surface area contributed by atoms with Gasteiger partial charge < -0.3 is 19.7 Å². The normalized spacial score (nSPS) is 23.6. The molecule has 3 aromatic carbocycles. The minimum absolute atomic E-state index is 0.0252. The van der Waals surface area contributed by atoms with Gasteiger partial charge in [-0.25, -0.2) is 0 Å². The van der Waals surface area contributed by atoms with Crippen molar-refractivity contribution in [3.8, 4) is 11.5 Å². The Hall–Kier alpha value is -3.19. The Balaban J connectivity index is 0.00000130. The van der Waals surface area contributed by atoms with Gasteiger partial charge >= 0.3 is 0 Å². The maximum absolute atomic E-state index is 12.2. The number of rotatable bonds is 5. The molecule has 0 spiro atoms. The van der Waals surface area contributed by atoms with E-state index in [-0.39, 0.29) is 5.92 Å². The van der Waals surface area contributed by atoms with Crippen LogP contribution in [0.2, 0.25) is 0 Å². The van der Waals surface area contributed by atoms with E-state index in [9.17, 15) is 5.11 Å². The molecule has 1 fully saturated rings. The highest BCUT2D eigenvalue weighted by Crippen LogP contribution is 2.66. The van der Waals surface area contributed by atoms with Crippen molar-refractivity contribution in [1.82, 2.24) is 4.98 Å². The van der Waals surface area contributed by atoms with Gasteiger partial charge in [-0.05, 0) is 41.7 Å². The third-order valence-electron chi connectivity index (χ3n) is 7.11. The van der Waals surface area contributed by atoms with Crippen LogP contribution in [0, 0.1) is 0 Å². The van der Waals surface area contributed by atoms with Crippen LogP contribution >= 0.6 is 15.9 Å². The van der Waals surface area contributed by atoms with Crippen molar-refractivity contribution in [2.75, 3.05) is 7.11 Å². The molecule has 3 atom stereocenters. The molecular formula is C30H28BrNO4. The molecule has 1 aliphatic heterocycles. The fourth-order valence-corrected chi connectivity index (χ4v) is 5.84. The predicted molar refractivity (Wildman–Crippen MR) is 142 cm³/mol. The number of aromatic nitrogens is 1. The van der Waals surface area contributed by atoms with Crippen LogP contribution in [0.25, 0.3) is 0 Å². The summed E-state index contributed by atoms with van der Waals surface area (Å²) in [5.74, 6) is 1.17. The van der Waals surface area contributed by atoms with Crippen LogP contribution < -0.4 is 9.47 Å². The lowest BCUT2D eigenvalue weighted by atomic mass is 9.73. The van der Waals surface area contributed by atoms with Gasteiger partial charge in [0.05, 0.1) is 6.20 Å². The molecule has 6 rings (SSSR count). The van der Waals surface area contributed by atoms with Crippen LogP contribution in [0.15, 0.2) is 102 Å². The van der Waals surface area contributed by atoms with Gasteiger partial charge in [-0.1, -0.05) is 88.7 Å². The Morgan fingerprint density at radius 3 is 2.33 bits per heavy atom. The minimum atomic E-state index is -1.24. The Morgan fingerprint density at radius 1 is 0.972 bits per heavy atom. The first kappa shape index (κ1) is 24.5. The number of aliphatic hydroxyl groups excluding tert-OH is 1. The number of pyridine rings is 1. The van der Waals surface area contributed by atoms with Crippen molar-refractivity contribution in [1.29, 1.82) is 0 Å². The molecule has 3 unspecified atom stereocenters. The van der Waals surface area contributed by atoms with Crippen LogP contribution in [0.4, 0.5) is 0 Å². The Kier molecular flexibility index (Phi) is 6.84. The lowest BCUT2D eigenvalue weighted by molar-refractivity contribution is -0.107. The van der Waals surface area contributed by atoms with E-state index in [1.165, 1.54) is 0 Å². The quantitative estimate of drug-likeness (QED) is 0.317. The van der Waals surface area contributed by atoms with Crippen molar-refractivity contribution in [3.05, 3.63) is 124 Å². The van der Waals surface area contributed by atoms with Gasteiger partial charge in [-0.3, -0.25) is 4.98 Å². The molecule has 1 aromatic heterocycles. The lowest BCUT2D eigenvalue weighted by Gasteiger charge is -2.39. The summed E-state index contributed by atoms with van der Waals surface area (Å²) in [4.78, 5) is 4.69. The largest absolute Gasteiger partial charge is 0.487 e. The summed E-state index contributed by atoms with van der Waals surface area (Å²) < 4.78 is 13.8. The molecule has 0 radical (unpaired) electrons. The number of nitrogens with zero attached hydrogens (tertiary/aromatic N) is 1. The molecule has 5 nitrogen and oxygen atoms in total. The van der Waals surface area contributed by atoms with Gasteiger partial charge in [0.2, 0.25) is 0 Å². The number of aliphatic hydroxyl groups is 2. The molecular weight excluding hydrogens is 518 g/mol. The molecule has 4 aromatic rings. The van der Waals surface area contributed by atoms with Crippen molar-refractivity contribution in [3.63, 3.8) is 0 Å². The highest BCUT2D eigenvalue weighted by molar-refractivity contribution is 9.10. The second-order valence-electron chi connectivity index (χ2n) is 9.00. The molecule has 0 saturated heterocycles. The van der Waals surface area contributed by atoms with Gasteiger partial charge in [-0.15, -0.1) is 0 Å². The predicted octanol–water partition coefficient (Wildman–Crippen LogP) is 6.08. The Labute approximate surface area is 219 Å². The minimum Gasteiger partial charge on any atom is -0.487 e. The first-order valence-electron chi connectivity index (χ1n) is 11.9. The molecule has 1 aliphatic carbocycles. The summed E-state index contributed by atoms with van der Waals surface area (Å²) in [6.07, 6.45) is 3.05. The number of hydrogen-bond donors (Lipinski definition) is 2. The molecule has 1 saturated carbocycles. The number of halogens is 1. The average molecular weight is 546 g/mol. The topological polar surface area (TPSA) is 71.8 Å². The van der Waals surface area contributed by atoms with E-state index >= 15 is 0 Å². The summed E-state index contributed by atoms with van der Waals surface area (Å²) in [7, 11) is 1.00. The molecule has 2 aliphatic rings. The van der Waals surface area contributed by atoms with E-state index in [0.29, 0.717) is 30.2 Å². The van der Waals surface area contributed by atoms with E-state index in [2.05, 4.69) is 28.1 Å². The maximum Gasteiger partial charge on any atom is 0.175 e. The van der Waals surface area contributed by atoms with E-state index in [1.807, 2.05) is 78.9 Å². The summed E-state index contributed by atoms with van der Waals surface area (Å²) in [6.45, 7) is 0.441. The van der Waals surface area contributed by atoms with Gasteiger partial charge in [-0.2, -0.15) is 0 Å². The van der Waals surface area contributed by atoms with Crippen molar-refractivity contribution in [2.45, 2.75) is 36.6 Å². The lowest BCUT2D eigenvalue weighted by Crippen LogP contribution is -2.48. The first-order valence-corrected chi connectivity index (χ1v) is 12.7. The fraction of sp³-hybridized carbons (Fsp3) is 0.233. The highest BCUT2D eigenvalue weighted by Gasteiger charge is 2.69. The highest BCUT2D eigenvalue weighted by atomic mass is 79.9. The van der Waals surface area contributed by atoms with Crippen LogP contribution in [0.1, 0.15) is 41.1 Å². The van der Waals surface area contributed by atoms with E-state index < -0.39 is 11.2 Å². The standard InChI is InChI=1S/C29H24BrNO3.CH4O/c30-23-13-11-22(12-14-23)29-25(21-9-5-2-6-10-21)15-16-28(29,32)27-26(34-29)17-24(18-31-27)33-19-20-7-3-1-4-8-20;1-2/h1-14,17-18,25,32H,15-16,19H2;2H,1H3. The van der Waals surface area contributed by atoms with E-state index in [4.69, 9.17) is 19.6 Å². The monoisotopic (exact) mass is 545 g/mol. The zero-order chi connectivity index (χ0) is 25.2. The number of hydrogen-bond acceptors (Lipinski definition) is 5. The SMILES string of the molecule is CO.OC12CCC(c3ccccc3)C1(c1ccc(Br)cc1)Oc1cc(OCc3ccccc3)cnc12. The van der Waals surface area contributed by atoms with Gasteiger partial charge in [0.15, 0.2) is 11.2 Å². The molecule has 184 valence electrons. The van der Waals surface area contributed by atoms with E-state index in [0.717, 1.165) is 34.7 Å². The molecule has 0 bridgehead atoms. The van der Waals surface area contributed by atoms with Gasteiger partial charge in [0.25, 0.3) is 0 Å². The van der Waals surface area contributed by atoms with Gasteiger partial charge in [0.1, 0.15) is 23.8 Å². The van der Waals surface area contributed by atoms with Crippen LogP contribution in [-0.4, -0.2) is 22.3 Å². The zero-order valence-electron chi connectivity index (χ0n) is 20.0. The maximum atomic E-state index is 12.2. The average Bonchev–Trinajstić information content (AvgIpc) is 3.36. The van der Waals surface area contributed by atoms with Crippen molar-refractivity contribution >= 4 is 15.9 Å². The smallest absolute Gasteiger partial charge is 0.175 e. The number of ether oxygens (including phenoxy) is 2. The summed E-state index contributed by atoms with van der Waals surface area (Å²) in [6, 6.07) is 30.3. The second-order valence-corrected chi connectivity index (χ2v) is 9.91. The van der Waals surface area contributed by atoms with Crippen molar-refractivity contribution in [2.24, 2.45) is 0 Å². The van der Waals surface area contributed by atoms with Crippen molar-refractivity contribution < 1.29 is 19.7 Å². The first-order chi connectivity index (χ1) is 17.6. The Bertz CT molecular complexity index is 1320. The summed E-state index contributed by atoms with van der Waals surface area (Å²) in [5.41, 5.74) is 1.54. The van der Waals surface area contributed by atoms with Crippen LogP contribution in [-0.2, 0) is 17.8 Å². The van der Waals surface area contributed by atoms with E-state index in [1.54, 1.807) is 6.20 Å². The zero-order valence-corrected chi connectivity index (χ0v) is 21.6. The van der Waals surface area contributed by atoms with Gasteiger partial charge in [0, 0.05) is 23.6 Å². The molecule has 2 N–H and O–H groups in total. The third-order valence-corrected chi connectivity index (χ3v) is 7.64. The third kappa shape index (κ3) is 3.99. The molecule has 36 heavy (non-hydrogen) atoms. The Morgan fingerprint density at radius 2 is 1.64 bits per heavy atom.